The minimum Gasteiger partial charge on any atom is -0.350 e. The van der Waals surface area contributed by atoms with Crippen molar-refractivity contribution in [3.63, 3.8) is 0 Å². The van der Waals surface area contributed by atoms with Crippen molar-refractivity contribution in [3.8, 4) is 0 Å². The minimum atomic E-state index is 0.292. The predicted octanol–water partition coefficient (Wildman–Crippen LogP) is 0.768. The topological polar surface area (TPSA) is 18.5 Å². The molecule has 0 aromatic rings. The molecule has 2 atom stereocenters. The molecule has 1 aliphatic heterocycles. The molecule has 0 aliphatic carbocycles. The third kappa shape index (κ3) is 0.924. The van der Waals surface area contributed by atoms with Gasteiger partial charge >= 0.3 is 0 Å². The number of rotatable bonds is 0. The lowest BCUT2D eigenvalue weighted by atomic mass is 10.3. The van der Waals surface area contributed by atoms with Crippen molar-refractivity contribution in [2.75, 3.05) is 6.79 Å². The Bertz CT molecular complexity index is 55.1. The largest absolute Gasteiger partial charge is 0.350 e. The molecule has 0 spiro atoms. The minimum absolute atomic E-state index is 0.292. The highest BCUT2D eigenvalue weighted by Gasteiger charge is 2.18. The van der Waals surface area contributed by atoms with Crippen molar-refractivity contribution >= 4 is 0 Å². The van der Waals surface area contributed by atoms with Crippen molar-refractivity contribution in [3.05, 3.63) is 0 Å². The SMILES string of the molecule is C[C@@H]1OCO[C@@H]1C. The Balaban J connectivity index is 2.33. The van der Waals surface area contributed by atoms with Gasteiger partial charge in [-0.25, -0.2) is 0 Å². The van der Waals surface area contributed by atoms with Gasteiger partial charge in [0, 0.05) is 0 Å². The van der Waals surface area contributed by atoms with Crippen LogP contribution in [0.15, 0.2) is 0 Å². The summed E-state index contributed by atoms with van der Waals surface area (Å²) in [5, 5.41) is 0. The molecule has 1 heterocycles. The number of hydrogen-bond donors (Lipinski definition) is 0. The summed E-state index contributed by atoms with van der Waals surface area (Å²) in [4.78, 5) is 0. The highest BCUT2D eigenvalue weighted by atomic mass is 16.7. The summed E-state index contributed by atoms with van der Waals surface area (Å²) in [6.07, 6.45) is 0.583. The highest BCUT2D eigenvalue weighted by molar-refractivity contribution is 4.62. The van der Waals surface area contributed by atoms with Gasteiger partial charge in [-0.3, -0.25) is 0 Å². The van der Waals surface area contributed by atoms with Crippen LogP contribution in [-0.2, 0) is 9.47 Å². The molecule has 0 unspecified atom stereocenters. The molecule has 1 aliphatic rings. The zero-order chi connectivity index (χ0) is 5.28. The zero-order valence-corrected chi connectivity index (χ0v) is 4.68. The van der Waals surface area contributed by atoms with Gasteiger partial charge in [0.15, 0.2) is 0 Å². The van der Waals surface area contributed by atoms with Gasteiger partial charge in [0.2, 0.25) is 0 Å². The lowest BCUT2D eigenvalue weighted by Crippen LogP contribution is -2.13. The Morgan fingerprint density at radius 2 is 1.57 bits per heavy atom. The second kappa shape index (κ2) is 1.80. The first-order valence-corrected chi connectivity index (χ1v) is 2.54. The molecule has 2 heteroatoms. The van der Waals surface area contributed by atoms with Crippen LogP contribution in [0.2, 0.25) is 0 Å². The van der Waals surface area contributed by atoms with Crippen LogP contribution in [0.25, 0.3) is 0 Å². The summed E-state index contributed by atoms with van der Waals surface area (Å²) < 4.78 is 10.1. The Kier molecular flexibility index (Phi) is 1.30. The molecule has 0 amide bonds. The monoisotopic (exact) mass is 102 g/mol. The summed E-state index contributed by atoms with van der Waals surface area (Å²) in [6, 6.07) is 0. The van der Waals surface area contributed by atoms with Gasteiger partial charge < -0.3 is 9.47 Å². The first kappa shape index (κ1) is 5.06. The van der Waals surface area contributed by atoms with Gasteiger partial charge in [-0.15, -0.1) is 0 Å². The van der Waals surface area contributed by atoms with E-state index in [2.05, 4.69) is 0 Å². The van der Waals surface area contributed by atoms with Crippen LogP contribution in [0.3, 0.4) is 0 Å². The molecule has 1 rings (SSSR count). The van der Waals surface area contributed by atoms with Gasteiger partial charge in [0.05, 0.1) is 12.2 Å². The molecule has 1 saturated heterocycles. The van der Waals surface area contributed by atoms with Crippen LogP contribution >= 0.6 is 0 Å². The molecule has 42 valence electrons. The molecule has 7 heavy (non-hydrogen) atoms. The maximum Gasteiger partial charge on any atom is 0.147 e. The van der Waals surface area contributed by atoms with E-state index in [1.54, 1.807) is 0 Å². The molecule has 2 nitrogen and oxygen atoms in total. The van der Waals surface area contributed by atoms with Crippen LogP contribution < -0.4 is 0 Å². The molecule has 0 aromatic heterocycles. The fourth-order valence-corrected chi connectivity index (χ4v) is 0.525. The number of hydrogen-bond acceptors (Lipinski definition) is 2. The lowest BCUT2D eigenvalue weighted by Gasteiger charge is -2.02. The molecule has 0 radical (unpaired) electrons. The lowest BCUT2D eigenvalue weighted by molar-refractivity contribution is 0.0433. The Morgan fingerprint density at radius 1 is 1.14 bits per heavy atom. The van der Waals surface area contributed by atoms with Crippen molar-refractivity contribution in [2.24, 2.45) is 0 Å². The molecular weight excluding hydrogens is 92.1 g/mol. The van der Waals surface area contributed by atoms with Gasteiger partial charge in [-0.05, 0) is 13.8 Å². The first-order chi connectivity index (χ1) is 3.30. The Labute approximate surface area is 43.4 Å². The number of ether oxygens (including phenoxy) is 2. The fraction of sp³-hybridized carbons (Fsp3) is 1.00. The van der Waals surface area contributed by atoms with E-state index in [0.29, 0.717) is 19.0 Å². The third-order valence-electron chi connectivity index (χ3n) is 1.32. The Morgan fingerprint density at radius 3 is 1.71 bits per heavy atom. The quantitative estimate of drug-likeness (QED) is 0.449. The van der Waals surface area contributed by atoms with Crippen molar-refractivity contribution < 1.29 is 9.47 Å². The van der Waals surface area contributed by atoms with Gasteiger partial charge in [-0.1, -0.05) is 0 Å². The van der Waals surface area contributed by atoms with Crippen molar-refractivity contribution in [1.82, 2.24) is 0 Å². The van der Waals surface area contributed by atoms with E-state index in [1.165, 1.54) is 0 Å². The molecule has 0 saturated carbocycles. The average Bonchev–Trinajstić information content (AvgIpc) is 1.91. The van der Waals surface area contributed by atoms with Crippen LogP contribution in [0.4, 0.5) is 0 Å². The predicted molar refractivity (Wildman–Crippen MR) is 26.0 cm³/mol. The van der Waals surface area contributed by atoms with Crippen molar-refractivity contribution in [2.45, 2.75) is 26.1 Å². The molecule has 0 aromatic carbocycles. The highest BCUT2D eigenvalue weighted by Crippen LogP contribution is 2.09. The average molecular weight is 102 g/mol. The van der Waals surface area contributed by atoms with E-state index in [1.807, 2.05) is 13.8 Å². The second-order valence-electron chi connectivity index (χ2n) is 1.86. The van der Waals surface area contributed by atoms with Gasteiger partial charge in [-0.2, -0.15) is 0 Å². The van der Waals surface area contributed by atoms with Crippen LogP contribution in [0.1, 0.15) is 13.8 Å². The maximum absolute atomic E-state index is 5.04. The van der Waals surface area contributed by atoms with E-state index >= 15 is 0 Å². The fourth-order valence-electron chi connectivity index (χ4n) is 0.525. The smallest absolute Gasteiger partial charge is 0.147 e. The van der Waals surface area contributed by atoms with Crippen LogP contribution in [0.5, 0.6) is 0 Å². The van der Waals surface area contributed by atoms with E-state index < -0.39 is 0 Å². The third-order valence-corrected chi connectivity index (χ3v) is 1.32. The standard InChI is InChI=1S/C5H10O2/c1-4-5(2)7-3-6-4/h4-5H,3H2,1-2H3/t4-,5+. The van der Waals surface area contributed by atoms with Gasteiger partial charge in [0.1, 0.15) is 6.79 Å². The van der Waals surface area contributed by atoms with E-state index in [-0.39, 0.29) is 0 Å². The van der Waals surface area contributed by atoms with E-state index in [4.69, 9.17) is 9.47 Å². The molecular formula is C5H10O2. The van der Waals surface area contributed by atoms with Crippen LogP contribution in [0, 0.1) is 0 Å². The summed E-state index contributed by atoms with van der Waals surface area (Å²) >= 11 is 0. The summed E-state index contributed by atoms with van der Waals surface area (Å²) in [5.41, 5.74) is 0. The van der Waals surface area contributed by atoms with E-state index in [9.17, 15) is 0 Å². The van der Waals surface area contributed by atoms with Gasteiger partial charge in [0.25, 0.3) is 0 Å². The summed E-state index contributed by atoms with van der Waals surface area (Å²) in [6.45, 7) is 4.50. The zero-order valence-electron chi connectivity index (χ0n) is 4.68. The maximum atomic E-state index is 5.04. The second-order valence-corrected chi connectivity index (χ2v) is 1.86. The van der Waals surface area contributed by atoms with Crippen LogP contribution in [-0.4, -0.2) is 19.0 Å². The molecule has 1 fully saturated rings. The molecule has 0 bridgehead atoms. The summed E-state index contributed by atoms with van der Waals surface area (Å²) in [7, 11) is 0. The Hall–Kier alpha value is -0.0800. The molecule has 0 N–H and O–H groups in total. The van der Waals surface area contributed by atoms with Crippen molar-refractivity contribution in [1.29, 1.82) is 0 Å². The first-order valence-electron chi connectivity index (χ1n) is 2.54. The normalized spacial score (nSPS) is 42.0. The van der Waals surface area contributed by atoms with E-state index in [0.717, 1.165) is 0 Å². The summed E-state index contributed by atoms with van der Waals surface area (Å²) in [5.74, 6) is 0.